The molecular formula is C17H12N2O3. The third-order valence-electron chi connectivity index (χ3n) is 3.57. The van der Waals surface area contributed by atoms with Crippen molar-refractivity contribution in [1.82, 2.24) is 9.97 Å². The van der Waals surface area contributed by atoms with Gasteiger partial charge in [0.1, 0.15) is 0 Å². The summed E-state index contributed by atoms with van der Waals surface area (Å²) in [7, 11) is 1.59. The van der Waals surface area contributed by atoms with E-state index in [0.29, 0.717) is 33.8 Å². The Morgan fingerprint density at radius 1 is 1.14 bits per heavy atom. The molecule has 2 aromatic carbocycles. The van der Waals surface area contributed by atoms with E-state index >= 15 is 0 Å². The SMILES string of the molecule is COc1cccc2cc(-c3nc4ccccc4c(=O)[nH]3)oc12. The minimum absolute atomic E-state index is 0.187. The van der Waals surface area contributed by atoms with Crippen molar-refractivity contribution in [2.24, 2.45) is 0 Å². The lowest BCUT2D eigenvalue weighted by Crippen LogP contribution is -2.08. The van der Waals surface area contributed by atoms with E-state index in [1.807, 2.05) is 36.4 Å². The van der Waals surface area contributed by atoms with E-state index in [1.165, 1.54) is 0 Å². The van der Waals surface area contributed by atoms with Gasteiger partial charge in [0.25, 0.3) is 5.56 Å². The van der Waals surface area contributed by atoms with Crippen LogP contribution in [0.25, 0.3) is 33.5 Å². The molecule has 22 heavy (non-hydrogen) atoms. The maximum Gasteiger partial charge on any atom is 0.259 e. The number of aromatic amines is 1. The number of methoxy groups -OCH3 is 1. The Hall–Kier alpha value is -3.08. The number of benzene rings is 2. The molecule has 0 aliphatic heterocycles. The summed E-state index contributed by atoms with van der Waals surface area (Å²) in [5.41, 5.74) is 1.08. The second kappa shape index (κ2) is 4.73. The number of fused-ring (bicyclic) bond motifs is 2. The van der Waals surface area contributed by atoms with Gasteiger partial charge in [-0.2, -0.15) is 0 Å². The molecule has 5 heteroatoms. The molecule has 108 valence electrons. The molecule has 0 spiro atoms. The second-order valence-electron chi connectivity index (χ2n) is 4.92. The van der Waals surface area contributed by atoms with Crippen LogP contribution in [0.1, 0.15) is 0 Å². The van der Waals surface area contributed by atoms with Gasteiger partial charge in [0, 0.05) is 5.39 Å². The Bertz CT molecular complexity index is 1050. The molecule has 2 aromatic heterocycles. The van der Waals surface area contributed by atoms with Crippen molar-refractivity contribution in [3.05, 3.63) is 58.9 Å². The van der Waals surface area contributed by atoms with E-state index in [-0.39, 0.29) is 5.56 Å². The number of H-pyrrole nitrogens is 1. The summed E-state index contributed by atoms with van der Waals surface area (Å²) in [6, 6.07) is 14.7. The molecule has 0 atom stereocenters. The third-order valence-corrected chi connectivity index (χ3v) is 3.57. The molecule has 0 amide bonds. The molecule has 1 N–H and O–H groups in total. The van der Waals surface area contributed by atoms with E-state index in [1.54, 1.807) is 19.2 Å². The first-order valence-electron chi connectivity index (χ1n) is 6.82. The maximum absolute atomic E-state index is 12.1. The van der Waals surface area contributed by atoms with Crippen molar-refractivity contribution < 1.29 is 9.15 Å². The minimum atomic E-state index is -0.187. The molecule has 0 saturated carbocycles. The van der Waals surface area contributed by atoms with Crippen LogP contribution in [0.5, 0.6) is 5.75 Å². The van der Waals surface area contributed by atoms with Gasteiger partial charge in [-0.05, 0) is 24.3 Å². The van der Waals surface area contributed by atoms with Gasteiger partial charge in [-0.15, -0.1) is 0 Å². The molecule has 5 nitrogen and oxygen atoms in total. The van der Waals surface area contributed by atoms with Crippen LogP contribution >= 0.6 is 0 Å². The van der Waals surface area contributed by atoms with Gasteiger partial charge in [0.15, 0.2) is 22.9 Å². The Labute approximate surface area is 125 Å². The van der Waals surface area contributed by atoms with Crippen LogP contribution in [0.2, 0.25) is 0 Å². The van der Waals surface area contributed by atoms with Gasteiger partial charge >= 0.3 is 0 Å². The highest BCUT2D eigenvalue weighted by molar-refractivity contribution is 5.87. The second-order valence-corrected chi connectivity index (χ2v) is 4.92. The maximum atomic E-state index is 12.1. The number of nitrogens with zero attached hydrogens (tertiary/aromatic N) is 1. The lowest BCUT2D eigenvalue weighted by molar-refractivity contribution is 0.411. The number of rotatable bonds is 2. The summed E-state index contributed by atoms with van der Waals surface area (Å²) in [6.45, 7) is 0. The van der Waals surface area contributed by atoms with Gasteiger partial charge in [-0.25, -0.2) is 4.98 Å². The highest BCUT2D eigenvalue weighted by atomic mass is 16.5. The normalized spacial score (nSPS) is 11.1. The number of hydrogen-bond donors (Lipinski definition) is 1. The van der Waals surface area contributed by atoms with Gasteiger partial charge < -0.3 is 14.1 Å². The summed E-state index contributed by atoms with van der Waals surface area (Å²) in [5, 5.41) is 1.45. The van der Waals surface area contributed by atoms with Crippen LogP contribution in [0.4, 0.5) is 0 Å². The summed E-state index contributed by atoms with van der Waals surface area (Å²) >= 11 is 0. The molecule has 0 aliphatic carbocycles. The van der Waals surface area contributed by atoms with Crippen molar-refractivity contribution in [3.8, 4) is 17.3 Å². The number of furan rings is 1. The van der Waals surface area contributed by atoms with Crippen LogP contribution in [0.15, 0.2) is 57.7 Å². The van der Waals surface area contributed by atoms with Crippen molar-refractivity contribution in [1.29, 1.82) is 0 Å². The van der Waals surface area contributed by atoms with Gasteiger partial charge in [-0.3, -0.25) is 4.79 Å². The highest BCUT2D eigenvalue weighted by Gasteiger charge is 2.13. The Balaban J connectivity index is 1.97. The largest absolute Gasteiger partial charge is 0.493 e. The lowest BCUT2D eigenvalue weighted by atomic mass is 10.2. The minimum Gasteiger partial charge on any atom is -0.493 e. The van der Waals surface area contributed by atoms with Gasteiger partial charge in [0.05, 0.1) is 18.0 Å². The standard InChI is InChI=1S/C17H12N2O3/c1-21-13-8-4-5-10-9-14(22-15(10)13)16-18-12-7-3-2-6-11(12)17(20)19-16/h2-9H,1H3,(H,18,19,20). The molecule has 4 rings (SSSR count). The first kappa shape index (κ1) is 12.6. The Morgan fingerprint density at radius 3 is 2.86 bits per heavy atom. The average molecular weight is 292 g/mol. The summed E-state index contributed by atoms with van der Waals surface area (Å²) in [5.74, 6) is 1.55. The molecule has 2 heterocycles. The first-order valence-corrected chi connectivity index (χ1v) is 6.82. The topological polar surface area (TPSA) is 68.1 Å². The zero-order valence-electron chi connectivity index (χ0n) is 11.8. The fourth-order valence-corrected chi connectivity index (χ4v) is 2.52. The monoisotopic (exact) mass is 292 g/mol. The smallest absolute Gasteiger partial charge is 0.259 e. The van der Waals surface area contributed by atoms with E-state index in [2.05, 4.69) is 9.97 Å². The van der Waals surface area contributed by atoms with Crippen molar-refractivity contribution in [2.45, 2.75) is 0 Å². The first-order chi connectivity index (χ1) is 10.8. The summed E-state index contributed by atoms with van der Waals surface area (Å²) in [4.78, 5) is 19.4. The summed E-state index contributed by atoms with van der Waals surface area (Å²) in [6.07, 6.45) is 0. The zero-order valence-corrected chi connectivity index (χ0v) is 11.8. The molecule has 0 fully saturated rings. The fraction of sp³-hybridized carbons (Fsp3) is 0.0588. The zero-order chi connectivity index (χ0) is 15.1. The molecule has 0 radical (unpaired) electrons. The number of ether oxygens (including phenoxy) is 1. The quantitative estimate of drug-likeness (QED) is 0.615. The molecule has 0 unspecified atom stereocenters. The van der Waals surface area contributed by atoms with Crippen molar-refractivity contribution in [2.75, 3.05) is 7.11 Å². The molecule has 0 aliphatic rings. The summed E-state index contributed by atoms with van der Waals surface area (Å²) < 4.78 is 11.1. The van der Waals surface area contributed by atoms with Gasteiger partial charge in [0.2, 0.25) is 0 Å². The van der Waals surface area contributed by atoms with Crippen LogP contribution in [0.3, 0.4) is 0 Å². The van der Waals surface area contributed by atoms with Crippen LogP contribution in [-0.4, -0.2) is 17.1 Å². The highest BCUT2D eigenvalue weighted by Crippen LogP contribution is 2.31. The average Bonchev–Trinajstić information content (AvgIpc) is 2.99. The Morgan fingerprint density at radius 2 is 2.00 bits per heavy atom. The van der Waals surface area contributed by atoms with E-state index in [4.69, 9.17) is 9.15 Å². The number of aromatic nitrogens is 2. The van der Waals surface area contributed by atoms with Crippen molar-refractivity contribution >= 4 is 21.9 Å². The van der Waals surface area contributed by atoms with Crippen LogP contribution in [-0.2, 0) is 0 Å². The number of hydrogen-bond acceptors (Lipinski definition) is 4. The van der Waals surface area contributed by atoms with Crippen LogP contribution in [0, 0.1) is 0 Å². The van der Waals surface area contributed by atoms with Crippen LogP contribution < -0.4 is 10.3 Å². The molecule has 0 bridgehead atoms. The van der Waals surface area contributed by atoms with E-state index < -0.39 is 0 Å². The predicted octanol–water partition coefficient (Wildman–Crippen LogP) is 3.34. The van der Waals surface area contributed by atoms with E-state index in [9.17, 15) is 4.79 Å². The number of para-hydroxylation sites is 2. The lowest BCUT2D eigenvalue weighted by Gasteiger charge is -2.00. The van der Waals surface area contributed by atoms with Gasteiger partial charge in [-0.1, -0.05) is 24.3 Å². The Kier molecular flexibility index (Phi) is 2.72. The van der Waals surface area contributed by atoms with E-state index in [0.717, 1.165) is 5.39 Å². The molecular weight excluding hydrogens is 280 g/mol. The molecule has 4 aromatic rings. The molecule has 0 saturated heterocycles. The predicted molar refractivity (Wildman–Crippen MR) is 84.1 cm³/mol. The third kappa shape index (κ3) is 1.87. The van der Waals surface area contributed by atoms with Crippen molar-refractivity contribution in [3.63, 3.8) is 0 Å². The number of nitrogens with one attached hydrogen (secondary N) is 1. The fourth-order valence-electron chi connectivity index (χ4n) is 2.52.